The molecule has 1 fully saturated rings. The first-order valence-corrected chi connectivity index (χ1v) is 6.51. The zero-order chi connectivity index (χ0) is 12.0. The highest BCUT2D eigenvalue weighted by Gasteiger charge is 2.29. The standard InChI is InChI=1S/C13H25NO2/c1-4-7-16-11-8-12(14-9-11)13(15)6-5-10(2)3/h10-12,14H,4-9H2,1-3H3. The van der Waals surface area contributed by atoms with Gasteiger partial charge >= 0.3 is 0 Å². The van der Waals surface area contributed by atoms with Gasteiger partial charge in [0.15, 0.2) is 0 Å². The Bertz CT molecular complexity index is 216. The lowest BCUT2D eigenvalue weighted by atomic mass is 10.0. The minimum absolute atomic E-state index is 0.0422. The Morgan fingerprint density at radius 3 is 2.88 bits per heavy atom. The fraction of sp³-hybridized carbons (Fsp3) is 0.923. The van der Waals surface area contributed by atoms with Crippen LogP contribution in [-0.4, -0.2) is 31.1 Å². The first-order valence-electron chi connectivity index (χ1n) is 6.51. The van der Waals surface area contributed by atoms with Crippen molar-refractivity contribution in [2.24, 2.45) is 5.92 Å². The maximum atomic E-state index is 11.9. The molecule has 0 aromatic rings. The summed E-state index contributed by atoms with van der Waals surface area (Å²) < 4.78 is 5.64. The van der Waals surface area contributed by atoms with Crippen LogP contribution >= 0.6 is 0 Å². The maximum absolute atomic E-state index is 11.9. The van der Waals surface area contributed by atoms with Crippen molar-refractivity contribution in [3.63, 3.8) is 0 Å². The molecule has 1 rings (SSSR count). The molecule has 0 radical (unpaired) electrons. The highest BCUT2D eigenvalue weighted by atomic mass is 16.5. The lowest BCUT2D eigenvalue weighted by Gasteiger charge is -2.11. The van der Waals surface area contributed by atoms with Crippen molar-refractivity contribution >= 4 is 5.78 Å². The number of ketones is 1. The smallest absolute Gasteiger partial charge is 0.149 e. The van der Waals surface area contributed by atoms with Gasteiger partial charge in [0, 0.05) is 19.6 Å². The number of Topliss-reactive ketones (excluding diaryl/α,β-unsaturated/α-hetero) is 1. The van der Waals surface area contributed by atoms with E-state index in [0.29, 0.717) is 18.1 Å². The van der Waals surface area contributed by atoms with Gasteiger partial charge in [0.1, 0.15) is 5.78 Å². The molecule has 0 aliphatic carbocycles. The Morgan fingerprint density at radius 2 is 2.25 bits per heavy atom. The van der Waals surface area contributed by atoms with Gasteiger partial charge in [0.05, 0.1) is 12.1 Å². The van der Waals surface area contributed by atoms with Crippen LogP contribution in [0.3, 0.4) is 0 Å². The molecule has 94 valence electrons. The molecule has 0 bridgehead atoms. The van der Waals surface area contributed by atoms with E-state index in [2.05, 4.69) is 26.1 Å². The summed E-state index contributed by atoms with van der Waals surface area (Å²) in [5.41, 5.74) is 0. The summed E-state index contributed by atoms with van der Waals surface area (Å²) in [5.74, 6) is 0.966. The molecule has 0 aromatic heterocycles. The van der Waals surface area contributed by atoms with Crippen LogP contribution in [-0.2, 0) is 9.53 Å². The second kappa shape index (κ2) is 7.02. The number of rotatable bonds is 7. The molecule has 3 nitrogen and oxygen atoms in total. The quantitative estimate of drug-likeness (QED) is 0.724. The van der Waals surface area contributed by atoms with Crippen molar-refractivity contribution < 1.29 is 9.53 Å². The van der Waals surface area contributed by atoms with E-state index >= 15 is 0 Å². The third kappa shape index (κ3) is 4.62. The van der Waals surface area contributed by atoms with Crippen LogP contribution in [0.2, 0.25) is 0 Å². The van der Waals surface area contributed by atoms with Crippen LogP contribution < -0.4 is 5.32 Å². The van der Waals surface area contributed by atoms with Crippen molar-refractivity contribution in [1.29, 1.82) is 0 Å². The minimum Gasteiger partial charge on any atom is -0.377 e. The van der Waals surface area contributed by atoms with Gasteiger partial charge in [-0.2, -0.15) is 0 Å². The van der Waals surface area contributed by atoms with Crippen LogP contribution in [0.15, 0.2) is 0 Å². The second-order valence-electron chi connectivity index (χ2n) is 5.09. The van der Waals surface area contributed by atoms with Gasteiger partial charge in [-0.15, -0.1) is 0 Å². The van der Waals surface area contributed by atoms with E-state index in [0.717, 1.165) is 32.4 Å². The van der Waals surface area contributed by atoms with Gasteiger partial charge in [-0.05, 0) is 25.2 Å². The second-order valence-corrected chi connectivity index (χ2v) is 5.09. The molecule has 2 unspecified atom stereocenters. The van der Waals surface area contributed by atoms with E-state index in [1.54, 1.807) is 0 Å². The Morgan fingerprint density at radius 1 is 1.50 bits per heavy atom. The molecule has 1 N–H and O–H groups in total. The van der Waals surface area contributed by atoms with Crippen LogP contribution in [0.4, 0.5) is 0 Å². The van der Waals surface area contributed by atoms with Gasteiger partial charge in [0.2, 0.25) is 0 Å². The highest BCUT2D eigenvalue weighted by molar-refractivity contribution is 5.84. The largest absolute Gasteiger partial charge is 0.377 e. The topological polar surface area (TPSA) is 38.3 Å². The molecule has 1 aliphatic heterocycles. The average molecular weight is 227 g/mol. The molecule has 1 saturated heterocycles. The number of ether oxygens (including phenoxy) is 1. The molecule has 16 heavy (non-hydrogen) atoms. The van der Waals surface area contributed by atoms with E-state index in [-0.39, 0.29) is 12.1 Å². The van der Waals surface area contributed by atoms with Gasteiger partial charge in [0.25, 0.3) is 0 Å². The number of carbonyl (C=O) groups is 1. The molecule has 0 spiro atoms. The van der Waals surface area contributed by atoms with Crippen LogP contribution in [0.5, 0.6) is 0 Å². The van der Waals surface area contributed by atoms with Crippen molar-refractivity contribution in [2.45, 2.75) is 58.6 Å². The molecular weight excluding hydrogens is 202 g/mol. The molecular formula is C13H25NO2. The molecule has 1 aliphatic rings. The predicted molar refractivity (Wildman–Crippen MR) is 65.5 cm³/mol. The van der Waals surface area contributed by atoms with E-state index in [1.165, 1.54) is 0 Å². The molecule has 0 saturated carbocycles. The summed E-state index contributed by atoms with van der Waals surface area (Å²) in [6.45, 7) is 8.05. The fourth-order valence-corrected chi connectivity index (χ4v) is 1.97. The Balaban J connectivity index is 2.21. The van der Waals surface area contributed by atoms with E-state index in [9.17, 15) is 4.79 Å². The van der Waals surface area contributed by atoms with Crippen molar-refractivity contribution in [3.8, 4) is 0 Å². The normalized spacial score (nSPS) is 25.2. The SMILES string of the molecule is CCCOC1CNC(C(=O)CCC(C)C)C1. The predicted octanol–water partition coefficient (Wildman–Crippen LogP) is 2.15. The number of nitrogens with one attached hydrogen (secondary N) is 1. The Hall–Kier alpha value is -0.410. The third-order valence-electron chi connectivity index (χ3n) is 3.00. The van der Waals surface area contributed by atoms with Crippen LogP contribution in [0.1, 0.15) is 46.5 Å². The van der Waals surface area contributed by atoms with Gasteiger partial charge in [-0.3, -0.25) is 4.79 Å². The first kappa shape index (κ1) is 13.7. The van der Waals surface area contributed by atoms with E-state index in [4.69, 9.17) is 4.74 Å². The molecule has 3 heteroatoms. The molecule has 0 aromatic carbocycles. The Kier molecular flexibility index (Phi) is 5.99. The summed E-state index contributed by atoms with van der Waals surface area (Å²) in [4.78, 5) is 11.9. The summed E-state index contributed by atoms with van der Waals surface area (Å²) >= 11 is 0. The molecule has 2 atom stereocenters. The zero-order valence-electron chi connectivity index (χ0n) is 10.8. The summed E-state index contributed by atoms with van der Waals surface area (Å²) in [7, 11) is 0. The lowest BCUT2D eigenvalue weighted by molar-refractivity contribution is -0.121. The van der Waals surface area contributed by atoms with Crippen molar-refractivity contribution in [1.82, 2.24) is 5.32 Å². The number of hydrogen-bond acceptors (Lipinski definition) is 3. The van der Waals surface area contributed by atoms with Crippen molar-refractivity contribution in [3.05, 3.63) is 0 Å². The van der Waals surface area contributed by atoms with Gasteiger partial charge < -0.3 is 10.1 Å². The number of hydrogen-bond donors (Lipinski definition) is 1. The summed E-state index contributed by atoms with van der Waals surface area (Å²) in [6.07, 6.45) is 3.85. The number of carbonyl (C=O) groups excluding carboxylic acids is 1. The maximum Gasteiger partial charge on any atom is 0.149 e. The van der Waals surface area contributed by atoms with E-state index < -0.39 is 0 Å². The monoisotopic (exact) mass is 227 g/mol. The molecule has 0 amide bonds. The first-order chi connectivity index (χ1) is 7.63. The van der Waals surface area contributed by atoms with E-state index in [1.807, 2.05) is 0 Å². The van der Waals surface area contributed by atoms with Gasteiger partial charge in [-0.1, -0.05) is 20.8 Å². The highest BCUT2D eigenvalue weighted by Crippen LogP contribution is 2.15. The fourth-order valence-electron chi connectivity index (χ4n) is 1.97. The third-order valence-corrected chi connectivity index (χ3v) is 3.00. The zero-order valence-corrected chi connectivity index (χ0v) is 10.8. The average Bonchev–Trinajstić information content (AvgIpc) is 2.71. The summed E-state index contributed by atoms with van der Waals surface area (Å²) in [6, 6.07) is 0.0422. The van der Waals surface area contributed by atoms with Crippen molar-refractivity contribution in [2.75, 3.05) is 13.2 Å². The Labute approximate surface area is 98.9 Å². The lowest BCUT2D eigenvalue weighted by Crippen LogP contribution is -2.30. The van der Waals surface area contributed by atoms with Crippen LogP contribution in [0.25, 0.3) is 0 Å². The molecule has 1 heterocycles. The summed E-state index contributed by atoms with van der Waals surface area (Å²) in [5, 5.41) is 3.26. The van der Waals surface area contributed by atoms with Gasteiger partial charge in [-0.25, -0.2) is 0 Å². The van der Waals surface area contributed by atoms with Crippen LogP contribution in [0, 0.1) is 5.92 Å². The minimum atomic E-state index is 0.0422.